The molecule has 1 saturated carbocycles. The maximum absolute atomic E-state index is 6.39. The molecule has 3 aromatic heterocycles. The van der Waals surface area contributed by atoms with Gasteiger partial charge in [0, 0.05) is 24.5 Å². The number of aromatic nitrogens is 5. The second-order valence-electron chi connectivity index (χ2n) is 9.81. The number of hydrogen-bond donors (Lipinski definition) is 0. The van der Waals surface area contributed by atoms with E-state index >= 15 is 0 Å². The molecule has 1 aliphatic carbocycles. The lowest BCUT2D eigenvalue weighted by Gasteiger charge is -2.30. The van der Waals surface area contributed by atoms with Crippen LogP contribution in [0.3, 0.4) is 0 Å². The highest BCUT2D eigenvalue weighted by molar-refractivity contribution is 6.30. The highest BCUT2D eigenvalue weighted by Gasteiger charge is 2.31. The van der Waals surface area contributed by atoms with Crippen LogP contribution in [-0.4, -0.2) is 31.1 Å². The van der Waals surface area contributed by atoms with Gasteiger partial charge in [0.2, 0.25) is 5.28 Å². The third-order valence-corrected chi connectivity index (χ3v) is 7.76. The van der Waals surface area contributed by atoms with Crippen LogP contribution in [0.1, 0.15) is 55.7 Å². The summed E-state index contributed by atoms with van der Waals surface area (Å²) in [5, 5.41) is 0.697. The molecule has 0 amide bonds. The van der Waals surface area contributed by atoms with Gasteiger partial charge in [0.1, 0.15) is 23.1 Å². The Hall–Kier alpha value is -2.54. The van der Waals surface area contributed by atoms with Gasteiger partial charge in [-0.2, -0.15) is 4.98 Å². The quantitative estimate of drug-likeness (QED) is 0.288. The number of pyridine rings is 1. The molecule has 8 heteroatoms. The van der Waals surface area contributed by atoms with Crippen LogP contribution in [0.25, 0.3) is 22.4 Å². The van der Waals surface area contributed by atoms with Crippen molar-refractivity contribution in [3.8, 4) is 11.3 Å². The lowest BCUT2D eigenvalue weighted by atomic mass is 9.83. The van der Waals surface area contributed by atoms with E-state index in [2.05, 4.69) is 50.7 Å². The monoisotopic (exact) mass is 507 g/mol. The largest absolute Gasteiger partial charge is 0.365 e. The fourth-order valence-electron chi connectivity index (χ4n) is 5.53. The van der Waals surface area contributed by atoms with Gasteiger partial charge in [-0.15, -0.1) is 0 Å². The minimum Gasteiger partial charge on any atom is -0.365 e. The van der Waals surface area contributed by atoms with Crippen LogP contribution < -0.4 is 0 Å². The number of fused-ring (bicyclic) bond motifs is 2. The van der Waals surface area contributed by atoms with Crippen molar-refractivity contribution in [2.75, 3.05) is 6.61 Å². The number of rotatable bonds is 4. The molecule has 1 unspecified atom stereocenters. The Morgan fingerprint density at radius 1 is 1.03 bits per heavy atom. The van der Waals surface area contributed by atoms with Crippen LogP contribution in [0.2, 0.25) is 10.3 Å². The van der Waals surface area contributed by atoms with Crippen LogP contribution in [0, 0.1) is 11.8 Å². The molecule has 0 radical (unpaired) electrons. The van der Waals surface area contributed by atoms with Gasteiger partial charge < -0.3 is 9.30 Å². The van der Waals surface area contributed by atoms with Crippen molar-refractivity contribution < 1.29 is 4.74 Å². The molecule has 6 nitrogen and oxygen atoms in total. The molecule has 4 heterocycles. The molecule has 1 aliphatic heterocycles. The van der Waals surface area contributed by atoms with Crippen LogP contribution in [-0.2, 0) is 17.7 Å². The first-order valence-corrected chi connectivity index (χ1v) is 13.1. The summed E-state index contributed by atoms with van der Waals surface area (Å²) in [6.45, 7) is 3.84. The standard InChI is InChI=1S/C27H27Cl2N5O/c1-16-6-8-17(9-7-16)15-34-23-22(19-12-20(28)14-30-13-19)31-27(29)33-25(23)32-26(34)24-21-5-3-2-4-18(21)10-11-35-24/h2-5,12-14,16-17,24H,6-11,15H2,1H3. The summed E-state index contributed by atoms with van der Waals surface area (Å²) in [5.74, 6) is 2.20. The second kappa shape index (κ2) is 9.49. The highest BCUT2D eigenvalue weighted by Crippen LogP contribution is 2.38. The normalized spacial score (nSPS) is 22.3. The predicted octanol–water partition coefficient (Wildman–Crippen LogP) is 6.68. The lowest BCUT2D eigenvalue weighted by molar-refractivity contribution is 0.0610. The van der Waals surface area contributed by atoms with Crippen molar-refractivity contribution in [3.63, 3.8) is 0 Å². The van der Waals surface area contributed by atoms with E-state index in [0.29, 0.717) is 28.9 Å². The lowest BCUT2D eigenvalue weighted by Crippen LogP contribution is -2.24. The van der Waals surface area contributed by atoms with Gasteiger partial charge in [0.25, 0.3) is 0 Å². The van der Waals surface area contributed by atoms with E-state index in [-0.39, 0.29) is 11.4 Å². The number of nitrogens with zero attached hydrogens (tertiary/aromatic N) is 5. The van der Waals surface area contributed by atoms with Gasteiger partial charge in [-0.05, 0) is 59.9 Å². The molecule has 1 atom stereocenters. The fourth-order valence-corrected chi connectivity index (χ4v) is 5.87. The Balaban J connectivity index is 1.56. The molecule has 4 aromatic rings. The van der Waals surface area contributed by atoms with E-state index in [1.807, 2.05) is 6.07 Å². The number of hydrogen-bond acceptors (Lipinski definition) is 5. The molecular formula is C27H27Cl2N5O. The number of benzene rings is 1. The van der Waals surface area contributed by atoms with Crippen LogP contribution >= 0.6 is 23.2 Å². The Kier molecular flexibility index (Phi) is 6.21. The Bertz CT molecular complexity index is 1380. The van der Waals surface area contributed by atoms with Crippen LogP contribution in [0.4, 0.5) is 0 Å². The molecule has 1 aromatic carbocycles. The predicted molar refractivity (Wildman–Crippen MR) is 138 cm³/mol. The molecule has 35 heavy (non-hydrogen) atoms. The van der Waals surface area contributed by atoms with E-state index < -0.39 is 0 Å². The third-order valence-electron chi connectivity index (χ3n) is 7.39. The maximum atomic E-state index is 6.39. The van der Waals surface area contributed by atoms with Crippen LogP contribution in [0.15, 0.2) is 42.7 Å². The third kappa shape index (κ3) is 4.44. The zero-order valence-corrected chi connectivity index (χ0v) is 21.1. The zero-order valence-electron chi connectivity index (χ0n) is 19.6. The minimum absolute atomic E-state index is 0.153. The van der Waals surface area contributed by atoms with E-state index in [1.165, 1.54) is 31.2 Å². The fraction of sp³-hybridized carbons (Fsp3) is 0.407. The second-order valence-corrected chi connectivity index (χ2v) is 10.6. The summed E-state index contributed by atoms with van der Waals surface area (Å²) < 4.78 is 8.65. The van der Waals surface area contributed by atoms with E-state index in [9.17, 15) is 0 Å². The van der Waals surface area contributed by atoms with Crippen molar-refractivity contribution in [3.05, 3.63) is 70.0 Å². The SMILES string of the molecule is CC1CCC(Cn2c(C3OCCc4ccccc43)nc3nc(Cl)nc(-c4cncc(Cl)c4)c32)CC1. The zero-order chi connectivity index (χ0) is 23.9. The summed E-state index contributed by atoms with van der Waals surface area (Å²) in [5.41, 5.74) is 5.39. The first-order valence-electron chi connectivity index (χ1n) is 12.3. The summed E-state index contributed by atoms with van der Waals surface area (Å²) in [6.07, 6.45) is 8.92. The Morgan fingerprint density at radius 2 is 1.86 bits per heavy atom. The minimum atomic E-state index is -0.263. The van der Waals surface area contributed by atoms with Crippen molar-refractivity contribution in [2.45, 2.75) is 51.7 Å². The number of ether oxygens (including phenoxy) is 1. The van der Waals surface area contributed by atoms with Crippen molar-refractivity contribution in [1.82, 2.24) is 24.5 Å². The summed E-state index contributed by atoms with van der Waals surface area (Å²) in [6, 6.07) is 10.3. The van der Waals surface area contributed by atoms with Gasteiger partial charge in [-0.1, -0.05) is 55.6 Å². The number of halogens is 2. The van der Waals surface area contributed by atoms with Gasteiger partial charge in [0.15, 0.2) is 5.65 Å². The van der Waals surface area contributed by atoms with Gasteiger partial charge in [-0.3, -0.25) is 4.98 Å². The first kappa shape index (κ1) is 22.9. The molecule has 6 rings (SSSR count). The van der Waals surface area contributed by atoms with Gasteiger partial charge in [-0.25, -0.2) is 9.97 Å². The molecule has 1 fully saturated rings. The van der Waals surface area contributed by atoms with E-state index in [0.717, 1.165) is 41.4 Å². The molecule has 0 bridgehead atoms. The molecule has 0 N–H and O–H groups in total. The molecule has 180 valence electrons. The van der Waals surface area contributed by atoms with Crippen molar-refractivity contribution in [2.24, 2.45) is 11.8 Å². The van der Waals surface area contributed by atoms with Crippen molar-refractivity contribution >= 4 is 34.4 Å². The average Bonchev–Trinajstić information content (AvgIpc) is 3.22. The Morgan fingerprint density at radius 3 is 2.69 bits per heavy atom. The van der Waals surface area contributed by atoms with Crippen LogP contribution in [0.5, 0.6) is 0 Å². The number of imidazole rings is 1. The Labute approximate surface area is 214 Å². The molecule has 2 aliphatic rings. The van der Waals surface area contributed by atoms with E-state index in [4.69, 9.17) is 32.9 Å². The molecule has 0 saturated heterocycles. The first-order chi connectivity index (χ1) is 17.1. The van der Waals surface area contributed by atoms with E-state index in [1.54, 1.807) is 12.4 Å². The topological polar surface area (TPSA) is 65.7 Å². The summed E-state index contributed by atoms with van der Waals surface area (Å²) in [7, 11) is 0. The van der Waals surface area contributed by atoms with Crippen molar-refractivity contribution in [1.29, 1.82) is 0 Å². The molecular weight excluding hydrogens is 481 g/mol. The summed E-state index contributed by atoms with van der Waals surface area (Å²) in [4.78, 5) is 18.5. The van der Waals surface area contributed by atoms with Gasteiger partial charge in [0.05, 0.1) is 11.6 Å². The maximum Gasteiger partial charge on any atom is 0.225 e. The summed E-state index contributed by atoms with van der Waals surface area (Å²) >= 11 is 12.7. The highest BCUT2D eigenvalue weighted by atomic mass is 35.5. The average molecular weight is 508 g/mol. The molecule has 0 spiro atoms. The van der Waals surface area contributed by atoms with Gasteiger partial charge >= 0.3 is 0 Å². The smallest absolute Gasteiger partial charge is 0.225 e.